The highest BCUT2D eigenvalue weighted by Gasteiger charge is 2.14. The van der Waals surface area contributed by atoms with Gasteiger partial charge in [-0.15, -0.1) is 0 Å². The summed E-state index contributed by atoms with van der Waals surface area (Å²) in [4.78, 5) is 0. The summed E-state index contributed by atoms with van der Waals surface area (Å²) in [5, 5.41) is 11.6. The van der Waals surface area contributed by atoms with Crippen molar-refractivity contribution in [1.29, 1.82) is 0 Å². The summed E-state index contributed by atoms with van der Waals surface area (Å²) >= 11 is 18.3. The van der Waals surface area contributed by atoms with Gasteiger partial charge >= 0.3 is 0 Å². The van der Waals surface area contributed by atoms with Crippen molar-refractivity contribution in [2.45, 2.75) is 26.8 Å². The van der Waals surface area contributed by atoms with E-state index >= 15 is 0 Å². The minimum Gasteiger partial charge on any atom is -0.388 e. The molecule has 2 rings (SSSR count). The van der Waals surface area contributed by atoms with Crippen LogP contribution in [0.15, 0.2) is 41.5 Å². The lowest BCUT2D eigenvalue weighted by atomic mass is 10.1. The topological polar surface area (TPSA) is 27.6 Å². The highest BCUT2D eigenvalue weighted by Crippen LogP contribution is 2.29. The van der Waals surface area contributed by atoms with E-state index in [4.69, 9.17) is 39.9 Å². The number of rotatable bonds is 5. The molecule has 0 aliphatic heterocycles. The average Bonchev–Trinajstić information content (AvgIpc) is 2.54. The lowest BCUT2D eigenvalue weighted by Crippen LogP contribution is -2.26. The number of nitrogens with zero attached hydrogens (tertiary/aromatic N) is 2. The second-order valence-corrected chi connectivity index (χ2v) is 6.91. The Hall–Kier alpha value is -1.42. The predicted octanol–water partition coefficient (Wildman–Crippen LogP) is 6.33. The van der Waals surface area contributed by atoms with Crippen LogP contribution in [0.25, 0.3) is 0 Å². The Bertz CT molecular complexity index is 757. The van der Waals surface area contributed by atoms with Crippen molar-refractivity contribution in [3.63, 3.8) is 0 Å². The molecule has 0 saturated heterocycles. The van der Waals surface area contributed by atoms with Gasteiger partial charge in [0.05, 0.1) is 21.4 Å². The van der Waals surface area contributed by atoms with Crippen molar-refractivity contribution in [3.8, 4) is 0 Å². The van der Waals surface area contributed by atoms with Gasteiger partial charge in [0.25, 0.3) is 0 Å². The second-order valence-electron chi connectivity index (χ2n) is 5.66. The number of hydrazone groups is 1. The Kier molecular flexibility index (Phi) is 6.39. The molecule has 2 aromatic rings. The Morgan fingerprint density at radius 2 is 1.75 bits per heavy atom. The van der Waals surface area contributed by atoms with Crippen molar-refractivity contribution in [3.05, 3.63) is 57.0 Å². The first-order valence-corrected chi connectivity index (χ1v) is 8.74. The zero-order chi connectivity index (χ0) is 17.9. The molecule has 0 aliphatic rings. The number of halogens is 3. The van der Waals surface area contributed by atoms with E-state index in [0.717, 1.165) is 22.6 Å². The molecule has 0 aliphatic carbocycles. The molecule has 1 N–H and O–H groups in total. The molecule has 0 amide bonds. The first kappa shape index (κ1) is 18.9. The van der Waals surface area contributed by atoms with Gasteiger partial charge in [0.2, 0.25) is 0 Å². The third kappa shape index (κ3) is 4.35. The summed E-state index contributed by atoms with van der Waals surface area (Å²) in [5.74, 6) is 0. The van der Waals surface area contributed by atoms with Gasteiger partial charge in [-0.1, -0.05) is 34.8 Å². The zero-order valence-corrected chi connectivity index (χ0v) is 16.3. The molecule has 0 fully saturated rings. The van der Waals surface area contributed by atoms with E-state index in [2.05, 4.69) is 19.2 Å². The Balaban J connectivity index is 2.47. The van der Waals surface area contributed by atoms with Crippen LogP contribution >= 0.6 is 34.8 Å². The first-order chi connectivity index (χ1) is 11.3. The number of hydrogen-bond acceptors (Lipinski definition) is 3. The fourth-order valence-electron chi connectivity index (χ4n) is 2.35. The average molecular weight is 385 g/mol. The van der Waals surface area contributed by atoms with Crippen molar-refractivity contribution in [1.82, 2.24) is 0 Å². The van der Waals surface area contributed by atoms with Gasteiger partial charge in [0.1, 0.15) is 0 Å². The third-order valence-electron chi connectivity index (χ3n) is 3.56. The number of nitrogens with one attached hydrogen (secondary N) is 1. The minimum absolute atomic E-state index is 0.148. The fourth-order valence-corrected chi connectivity index (χ4v) is 2.81. The van der Waals surface area contributed by atoms with Gasteiger partial charge in [-0.2, -0.15) is 5.10 Å². The van der Waals surface area contributed by atoms with Gasteiger partial charge in [-0.3, -0.25) is 5.01 Å². The van der Waals surface area contributed by atoms with Crippen molar-refractivity contribution >= 4 is 51.9 Å². The molecule has 6 heteroatoms. The van der Waals surface area contributed by atoms with Crippen molar-refractivity contribution in [2.75, 3.05) is 17.4 Å². The third-order valence-corrected chi connectivity index (χ3v) is 4.53. The summed E-state index contributed by atoms with van der Waals surface area (Å²) < 4.78 is 0. The van der Waals surface area contributed by atoms with Crippen LogP contribution in [-0.2, 0) is 0 Å². The number of anilines is 2. The molecule has 0 bridgehead atoms. The van der Waals surface area contributed by atoms with E-state index < -0.39 is 0 Å². The SMILES string of the molecule is CNc1ccc(Cl)cc1/C(C)=N\N(c1ccc(Cl)c(Cl)c1)C(C)C. The molecule has 3 nitrogen and oxygen atoms in total. The lowest BCUT2D eigenvalue weighted by molar-refractivity contribution is 0.713. The minimum atomic E-state index is 0.148. The molecule has 0 radical (unpaired) electrons. The molecular formula is C18H20Cl3N3. The molecule has 24 heavy (non-hydrogen) atoms. The summed E-state index contributed by atoms with van der Waals surface area (Å²) in [6.45, 7) is 6.09. The smallest absolute Gasteiger partial charge is 0.0672 e. The molecule has 0 unspecified atom stereocenters. The van der Waals surface area contributed by atoms with E-state index in [0.29, 0.717) is 15.1 Å². The van der Waals surface area contributed by atoms with E-state index in [9.17, 15) is 0 Å². The Morgan fingerprint density at radius 3 is 2.33 bits per heavy atom. The maximum Gasteiger partial charge on any atom is 0.0672 e. The fraction of sp³-hybridized carbons (Fsp3) is 0.278. The van der Waals surface area contributed by atoms with Crippen LogP contribution in [0.3, 0.4) is 0 Å². The van der Waals surface area contributed by atoms with Crippen molar-refractivity contribution < 1.29 is 0 Å². The quantitative estimate of drug-likeness (QED) is 0.482. The summed E-state index contributed by atoms with van der Waals surface area (Å²) in [7, 11) is 1.87. The van der Waals surface area contributed by atoms with Gasteiger partial charge in [0, 0.05) is 29.4 Å². The molecule has 0 spiro atoms. The molecule has 0 heterocycles. The van der Waals surface area contributed by atoms with Crippen LogP contribution in [0.2, 0.25) is 15.1 Å². The summed E-state index contributed by atoms with van der Waals surface area (Å²) in [5.41, 5.74) is 3.66. The van der Waals surface area contributed by atoms with Crippen LogP contribution < -0.4 is 10.3 Å². The highest BCUT2D eigenvalue weighted by molar-refractivity contribution is 6.42. The molecule has 0 atom stereocenters. The zero-order valence-electron chi connectivity index (χ0n) is 14.1. The Morgan fingerprint density at radius 1 is 1.04 bits per heavy atom. The van der Waals surface area contributed by atoms with E-state index in [1.807, 2.05) is 49.3 Å². The lowest BCUT2D eigenvalue weighted by Gasteiger charge is -2.25. The highest BCUT2D eigenvalue weighted by atomic mass is 35.5. The van der Waals surface area contributed by atoms with Crippen LogP contribution in [0.5, 0.6) is 0 Å². The normalized spacial score (nSPS) is 11.8. The van der Waals surface area contributed by atoms with Gasteiger partial charge in [-0.05, 0) is 57.2 Å². The maximum atomic E-state index is 6.15. The summed E-state index contributed by atoms with van der Waals surface area (Å²) in [6.07, 6.45) is 0. The monoisotopic (exact) mass is 383 g/mol. The Labute approximate surface area is 158 Å². The molecular weight excluding hydrogens is 365 g/mol. The molecule has 128 valence electrons. The van der Waals surface area contributed by atoms with Gasteiger partial charge in [0.15, 0.2) is 0 Å². The molecule has 2 aromatic carbocycles. The van der Waals surface area contributed by atoms with Gasteiger partial charge in [-0.25, -0.2) is 0 Å². The maximum absolute atomic E-state index is 6.15. The predicted molar refractivity (Wildman–Crippen MR) is 107 cm³/mol. The van der Waals surface area contributed by atoms with E-state index in [-0.39, 0.29) is 6.04 Å². The van der Waals surface area contributed by atoms with Crippen LogP contribution in [-0.4, -0.2) is 18.8 Å². The summed E-state index contributed by atoms with van der Waals surface area (Å²) in [6, 6.07) is 11.3. The first-order valence-electron chi connectivity index (χ1n) is 7.60. The van der Waals surface area contributed by atoms with E-state index in [1.165, 1.54) is 0 Å². The molecule has 0 saturated carbocycles. The van der Waals surface area contributed by atoms with Gasteiger partial charge < -0.3 is 5.32 Å². The molecule has 0 aromatic heterocycles. The number of hydrogen-bond donors (Lipinski definition) is 1. The number of benzene rings is 2. The van der Waals surface area contributed by atoms with Crippen LogP contribution in [0.1, 0.15) is 26.3 Å². The van der Waals surface area contributed by atoms with Crippen molar-refractivity contribution in [2.24, 2.45) is 5.10 Å². The van der Waals surface area contributed by atoms with E-state index in [1.54, 1.807) is 6.07 Å². The largest absolute Gasteiger partial charge is 0.388 e. The second kappa shape index (κ2) is 8.11. The van der Waals surface area contributed by atoms with Crippen LogP contribution in [0, 0.1) is 0 Å². The standard InChI is InChI=1S/C18H20Cl3N3/c1-11(2)24(14-6-7-16(20)17(21)10-14)23-12(3)15-9-13(19)5-8-18(15)22-4/h5-11,22H,1-4H3/b23-12-. The van der Waals surface area contributed by atoms with Crippen LogP contribution in [0.4, 0.5) is 11.4 Å².